The van der Waals surface area contributed by atoms with E-state index in [-0.39, 0.29) is 35.0 Å². The quantitative estimate of drug-likeness (QED) is 0.449. The molecule has 6 nitrogen and oxygen atoms in total. The van der Waals surface area contributed by atoms with Crippen molar-refractivity contribution in [2.24, 2.45) is 0 Å². The van der Waals surface area contributed by atoms with Crippen LogP contribution in [0.25, 0.3) is 0 Å². The van der Waals surface area contributed by atoms with E-state index in [0.717, 1.165) is 0 Å². The largest absolute Gasteiger partial charge is 0.486 e. The lowest BCUT2D eigenvalue weighted by Gasteiger charge is -2.18. The van der Waals surface area contributed by atoms with Gasteiger partial charge in [-0.15, -0.1) is 0 Å². The molecule has 19 heavy (non-hydrogen) atoms. The zero-order chi connectivity index (χ0) is 14.6. The van der Waals surface area contributed by atoms with E-state index in [9.17, 15) is 14.9 Å². The van der Waals surface area contributed by atoms with Crippen molar-refractivity contribution < 1.29 is 19.2 Å². The fourth-order valence-corrected chi connectivity index (χ4v) is 1.51. The third-order valence-electron chi connectivity index (χ3n) is 2.15. The van der Waals surface area contributed by atoms with Gasteiger partial charge < -0.3 is 9.47 Å². The fourth-order valence-electron chi connectivity index (χ4n) is 1.51. The Morgan fingerprint density at radius 1 is 1.11 bits per heavy atom. The Bertz CT molecular complexity index is 482. The van der Waals surface area contributed by atoms with E-state index in [1.54, 1.807) is 27.7 Å². The van der Waals surface area contributed by atoms with Crippen LogP contribution in [0.1, 0.15) is 38.1 Å². The maximum Gasteiger partial charge on any atom is 0.314 e. The van der Waals surface area contributed by atoms with Gasteiger partial charge in [-0.1, -0.05) is 0 Å². The molecule has 0 amide bonds. The summed E-state index contributed by atoms with van der Waals surface area (Å²) in [7, 11) is 0. The van der Waals surface area contributed by atoms with Crippen molar-refractivity contribution in [3.8, 4) is 11.5 Å². The standard InChI is InChI=1S/C13H17NO5/c1-8(2)18-12-10(7-15)5-6-11(14(16)17)13(12)19-9(3)4/h5-9H,1-4H3. The highest BCUT2D eigenvalue weighted by Crippen LogP contribution is 2.40. The first-order valence-corrected chi connectivity index (χ1v) is 5.96. The van der Waals surface area contributed by atoms with E-state index in [4.69, 9.17) is 9.47 Å². The molecule has 0 bridgehead atoms. The minimum atomic E-state index is -0.556. The number of ether oxygens (including phenoxy) is 2. The van der Waals surface area contributed by atoms with E-state index in [1.165, 1.54) is 12.1 Å². The van der Waals surface area contributed by atoms with Gasteiger partial charge in [0.2, 0.25) is 5.75 Å². The smallest absolute Gasteiger partial charge is 0.314 e. The van der Waals surface area contributed by atoms with Crippen LogP contribution in [-0.4, -0.2) is 23.4 Å². The molecule has 0 fully saturated rings. The number of hydrogen-bond donors (Lipinski definition) is 0. The predicted molar refractivity (Wildman–Crippen MR) is 70.0 cm³/mol. The molecule has 0 heterocycles. The van der Waals surface area contributed by atoms with E-state index in [2.05, 4.69) is 0 Å². The van der Waals surface area contributed by atoms with Gasteiger partial charge in [0.1, 0.15) is 0 Å². The molecule has 0 saturated heterocycles. The Morgan fingerprint density at radius 3 is 2.05 bits per heavy atom. The molecule has 1 rings (SSSR count). The number of carbonyl (C=O) groups excluding carboxylic acids is 1. The zero-order valence-corrected chi connectivity index (χ0v) is 11.4. The van der Waals surface area contributed by atoms with Crippen LogP contribution in [0.3, 0.4) is 0 Å². The lowest BCUT2D eigenvalue weighted by Crippen LogP contribution is -2.13. The van der Waals surface area contributed by atoms with Crippen LogP contribution in [0.4, 0.5) is 5.69 Å². The normalized spacial score (nSPS) is 10.6. The van der Waals surface area contributed by atoms with E-state index in [0.29, 0.717) is 6.29 Å². The number of hydrogen-bond acceptors (Lipinski definition) is 5. The van der Waals surface area contributed by atoms with Crippen molar-refractivity contribution in [3.63, 3.8) is 0 Å². The summed E-state index contributed by atoms with van der Waals surface area (Å²) >= 11 is 0. The number of rotatable bonds is 6. The summed E-state index contributed by atoms with van der Waals surface area (Å²) in [4.78, 5) is 21.5. The minimum Gasteiger partial charge on any atom is -0.486 e. The Balaban J connectivity index is 3.45. The van der Waals surface area contributed by atoms with Crippen molar-refractivity contribution in [2.45, 2.75) is 39.9 Å². The van der Waals surface area contributed by atoms with Crippen LogP contribution in [0, 0.1) is 10.1 Å². The SMILES string of the molecule is CC(C)Oc1c(C=O)ccc([N+](=O)[O-])c1OC(C)C. The molecule has 0 aliphatic rings. The number of nitro groups is 1. The average molecular weight is 267 g/mol. The van der Waals surface area contributed by atoms with Crippen LogP contribution in [0.2, 0.25) is 0 Å². The van der Waals surface area contributed by atoms with Gasteiger partial charge in [-0.25, -0.2) is 0 Å². The van der Waals surface area contributed by atoms with Gasteiger partial charge in [-0.2, -0.15) is 0 Å². The van der Waals surface area contributed by atoms with Gasteiger partial charge in [-0.3, -0.25) is 14.9 Å². The molecule has 0 saturated carbocycles. The molecule has 1 aromatic carbocycles. The highest BCUT2D eigenvalue weighted by molar-refractivity contribution is 5.83. The van der Waals surface area contributed by atoms with Gasteiger partial charge in [0.15, 0.2) is 12.0 Å². The van der Waals surface area contributed by atoms with E-state index < -0.39 is 4.92 Å². The first-order valence-electron chi connectivity index (χ1n) is 5.96. The summed E-state index contributed by atoms with van der Waals surface area (Å²) in [6.45, 7) is 7.03. The number of carbonyl (C=O) groups is 1. The second-order valence-corrected chi connectivity index (χ2v) is 4.54. The summed E-state index contributed by atoms with van der Waals surface area (Å²) in [5, 5.41) is 11.0. The maximum atomic E-state index is 11.0. The minimum absolute atomic E-state index is 0.00157. The monoisotopic (exact) mass is 267 g/mol. The van der Waals surface area contributed by atoms with Crippen LogP contribution in [-0.2, 0) is 0 Å². The number of nitro benzene ring substituents is 1. The number of aldehydes is 1. The van der Waals surface area contributed by atoms with Crippen LogP contribution < -0.4 is 9.47 Å². The highest BCUT2D eigenvalue weighted by atomic mass is 16.6. The molecule has 0 aromatic heterocycles. The summed E-state index contributed by atoms with van der Waals surface area (Å²) < 4.78 is 11.0. The first-order chi connectivity index (χ1) is 8.86. The van der Waals surface area contributed by atoms with Crippen molar-refractivity contribution >= 4 is 12.0 Å². The molecule has 0 atom stereocenters. The molecule has 0 aliphatic heterocycles. The molecule has 0 spiro atoms. The van der Waals surface area contributed by atoms with Gasteiger partial charge in [-0.05, 0) is 33.8 Å². The first kappa shape index (κ1) is 14.9. The zero-order valence-electron chi connectivity index (χ0n) is 11.4. The summed E-state index contributed by atoms with van der Waals surface area (Å²) in [6, 6.07) is 2.60. The third kappa shape index (κ3) is 3.67. The molecule has 1 aromatic rings. The molecular weight excluding hydrogens is 250 g/mol. The molecule has 0 radical (unpaired) electrons. The average Bonchev–Trinajstić information content (AvgIpc) is 2.29. The van der Waals surface area contributed by atoms with E-state index >= 15 is 0 Å². The van der Waals surface area contributed by atoms with Gasteiger partial charge in [0.25, 0.3) is 0 Å². The predicted octanol–water partition coefficient (Wildman–Crippen LogP) is 2.98. The third-order valence-corrected chi connectivity index (χ3v) is 2.15. The lowest BCUT2D eigenvalue weighted by atomic mass is 10.1. The highest BCUT2D eigenvalue weighted by Gasteiger charge is 2.25. The summed E-state index contributed by atoms with van der Waals surface area (Å²) in [6.07, 6.45) is 0.0968. The molecule has 6 heteroatoms. The molecule has 0 N–H and O–H groups in total. The van der Waals surface area contributed by atoms with E-state index in [1.807, 2.05) is 0 Å². The van der Waals surface area contributed by atoms with Gasteiger partial charge >= 0.3 is 5.69 Å². The second kappa shape index (κ2) is 6.17. The Kier molecular flexibility index (Phi) is 4.86. The lowest BCUT2D eigenvalue weighted by molar-refractivity contribution is -0.386. The Hall–Kier alpha value is -2.11. The molecule has 0 aliphatic carbocycles. The topological polar surface area (TPSA) is 78.7 Å². The van der Waals surface area contributed by atoms with Gasteiger partial charge in [0, 0.05) is 6.07 Å². The van der Waals surface area contributed by atoms with Crippen molar-refractivity contribution in [2.75, 3.05) is 0 Å². The Morgan fingerprint density at radius 2 is 1.63 bits per heavy atom. The number of benzene rings is 1. The summed E-state index contributed by atoms with van der Waals surface area (Å²) in [5.41, 5.74) is 0.0184. The number of nitrogens with zero attached hydrogens (tertiary/aromatic N) is 1. The molecular formula is C13H17NO5. The van der Waals surface area contributed by atoms with Crippen molar-refractivity contribution in [3.05, 3.63) is 27.8 Å². The fraction of sp³-hybridized carbons (Fsp3) is 0.462. The van der Waals surface area contributed by atoms with Crippen molar-refractivity contribution in [1.82, 2.24) is 0 Å². The summed E-state index contributed by atoms with van der Waals surface area (Å²) in [5.74, 6) is 0.117. The van der Waals surface area contributed by atoms with Crippen LogP contribution in [0.15, 0.2) is 12.1 Å². The molecule has 0 unspecified atom stereocenters. The molecule has 104 valence electrons. The Labute approximate surface area is 111 Å². The van der Waals surface area contributed by atoms with Gasteiger partial charge in [0.05, 0.1) is 22.7 Å². The second-order valence-electron chi connectivity index (χ2n) is 4.54. The van der Waals surface area contributed by atoms with Crippen LogP contribution >= 0.6 is 0 Å². The maximum absolute atomic E-state index is 11.0. The van der Waals surface area contributed by atoms with Crippen LogP contribution in [0.5, 0.6) is 11.5 Å². The van der Waals surface area contributed by atoms with Crippen molar-refractivity contribution in [1.29, 1.82) is 0 Å².